The Balaban J connectivity index is 1.10. The van der Waals surface area contributed by atoms with E-state index in [9.17, 15) is 23.2 Å². The van der Waals surface area contributed by atoms with Crippen molar-refractivity contribution >= 4 is 41.1 Å². The summed E-state index contributed by atoms with van der Waals surface area (Å²) in [7, 11) is 0. The van der Waals surface area contributed by atoms with E-state index in [4.69, 9.17) is 0 Å². The Kier molecular flexibility index (Phi) is 5.59. The zero-order valence-corrected chi connectivity index (χ0v) is 21.4. The van der Waals surface area contributed by atoms with Crippen LogP contribution in [0.25, 0.3) is 0 Å². The number of rotatable bonds is 3. The number of nitrogens with zero attached hydrogens (tertiary/aromatic N) is 5. The highest BCUT2D eigenvalue weighted by molar-refractivity contribution is 8.01. The highest BCUT2D eigenvalue weighted by atomic mass is 32.2. The van der Waals surface area contributed by atoms with Gasteiger partial charge in [0.2, 0.25) is 5.91 Å². The highest BCUT2D eigenvalue weighted by Crippen LogP contribution is 2.51. The fourth-order valence-electron chi connectivity index (χ4n) is 5.45. The van der Waals surface area contributed by atoms with Crippen LogP contribution in [0.15, 0.2) is 54.2 Å². The number of alkyl halides is 2. The molecule has 3 aromatic rings. The molecule has 0 aliphatic carbocycles. The molecule has 1 fully saturated rings. The number of benzene rings is 1. The standard InChI is InChI=1S/C25H21F2N7O5S/c26-25(27)38-16-4-3-14(10-17(16)39-25)34-15-5-6-29-22-18(15)19(31-23(34)36)20(40-22)21(35)30-13-2-1-8-32(11-13)24(37)33-9-7-28-12-33/h3-7,9-10,12-13,19-20H,1-2,8,11H2,(H,30,35)(H,31,36)/t13?,19?,20-/m1/s1. The van der Waals surface area contributed by atoms with Crippen molar-refractivity contribution in [1.29, 1.82) is 0 Å². The number of halogens is 2. The van der Waals surface area contributed by atoms with Crippen molar-refractivity contribution in [2.75, 3.05) is 18.0 Å². The molecule has 1 aromatic carbocycles. The van der Waals surface area contributed by atoms with E-state index in [1.165, 1.54) is 58.1 Å². The monoisotopic (exact) mass is 569 g/mol. The molecule has 15 heteroatoms. The van der Waals surface area contributed by atoms with Crippen LogP contribution in [0.4, 0.5) is 29.7 Å². The van der Waals surface area contributed by atoms with Crippen molar-refractivity contribution in [2.24, 2.45) is 0 Å². The molecule has 4 amide bonds. The molecule has 2 N–H and O–H groups in total. The number of piperidine rings is 1. The minimum absolute atomic E-state index is 0.135. The van der Waals surface area contributed by atoms with Gasteiger partial charge in [0.25, 0.3) is 0 Å². The summed E-state index contributed by atoms with van der Waals surface area (Å²) in [5.74, 6) is -0.605. The first-order chi connectivity index (χ1) is 19.3. The van der Waals surface area contributed by atoms with E-state index in [1.807, 2.05) is 0 Å². The lowest BCUT2D eigenvalue weighted by atomic mass is 9.99. The van der Waals surface area contributed by atoms with Gasteiger partial charge in [0.1, 0.15) is 16.6 Å². The average Bonchev–Trinajstić information content (AvgIpc) is 3.66. The molecule has 0 bridgehead atoms. The third-order valence-corrected chi connectivity index (χ3v) is 8.46. The van der Waals surface area contributed by atoms with Crippen molar-refractivity contribution in [3.8, 4) is 11.5 Å². The van der Waals surface area contributed by atoms with Crippen molar-refractivity contribution in [2.45, 2.75) is 41.5 Å². The number of likely N-dealkylation sites (tertiary alicyclic amines) is 1. The van der Waals surface area contributed by atoms with Gasteiger partial charge in [-0.15, -0.1) is 8.78 Å². The lowest BCUT2D eigenvalue weighted by molar-refractivity contribution is -0.286. The number of urea groups is 1. The second-order valence-electron chi connectivity index (χ2n) is 9.69. The van der Waals surface area contributed by atoms with Crippen LogP contribution in [0.3, 0.4) is 0 Å². The summed E-state index contributed by atoms with van der Waals surface area (Å²) < 4.78 is 37.5. The number of nitrogens with one attached hydrogen (secondary N) is 2. The maximum atomic E-state index is 13.5. The molecule has 2 aromatic heterocycles. The quantitative estimate of drug-likeness (QED) is 0.492. The molecule has 6 heterocycles. The van der Waals surface area contributed by atoms with Gasteiger partial charge >= 0.3 is 18.4 Å². The largest absolute Gasteiger partial charge is 0.586 e. The van der Waals surface area contributed by atoms with Gasteiger partial charge < -0.3 is 25.0 Å². The minimum Gasteiger partial charge on any atom is -0.395 e. The van der Waals surface area contributed by atoms with Crippen LogP contribution >= 0.6 is 11.8 Å². The third-order valence-electron chi connectivity index (χ3n) is 7.17. The summed E-state index contributed by atoms with van der Waals surface area (Å²) in [6.45, 7) is 0.927. The van der Waals surface area contributed by atoms with Gasteiger partial charge in [-0.25, -0.2) is 19.6 Å². The third kappa shape index (κ3) is 4.08. The van der Waals surface area contributed by atoms with Gasteiger partial charge in [0, 0.05) is 49.4 Å². The lowest BCUT2D eigenvalue weighted by Gasteiger charge is -2.35. The highest BCUT2D eigenvalue weighted by Gasteiger charge is 2.48. The number of amides is 4. The molecule has 1 saturated heterocycles. The van der Waals surface area contributed by atoms with Gasteiger partial charge in [0.05, 0.1) is 17.4 Å². The normalized spacial score (nSPS) is 23.9. The zero-order chi connectivity index (χ0) is 27.6. The maximum Gasteiger partial charge on any atom is 0.586 e. The van der Waals surface area contributed by atoms with Crippen LogP contribution in [0.2, 0.25) is 0 Å². The Morgan fingerprint density at radius 1 is 1.18 bits per heavy atom. The fraction of sp³-hybridized carbons (Fsp3) is 0.320. The van der Waals surface area contributed by atoms with E-state index >= 15 is 0 Å². The molecule has 0 spiro atoms. The zero-order valence-electron chi connectivity index (χ0n) is 20.6. The summed E-state index contributed by atoms with van der Waals surface area (Å²) in [4.78, 5) is 50.9. The molecule has 0 saturated carbocycles. The first kappa shape index (κ1) is 24.6. The topological polar surface area (TPSA) is 131 Å². The minimum atomic E-state index is -3.78. The number of hydrogen-bond acceptors (Lipinski definition) is 8. The number of carbonyl (C=O) groups excluding carboxylic acids is 3. The maximum absolute atomic E-state index is 13.5. The molecular formula is C25H21F2N7O5S. The Labute approximate surface area is 229 Å². The van der Waals surface area contributed by atoms with Crippen LogP contribution in [0, 0.1) is 0 Å². The van der Waals surface area contributed by atoms with Gasteiger partial charge in [0.15, 0.2) is 11.5 Å². The average molecular weight is 570 g/mol. The fourth-order valence-corrected chi connectivity index (χ4v) is 6.68. The molecule has 2 unspecified atom stereocenters. The Bertz CT molecular complexity index is 1540. The number of thioether (sulfide) groups is 1. The second-order valence-corrected chi connectivity index (χ2v) is 10.8. The number of fused-ring (bicyclic) bond motifs is 1. The first-order valence-electron chi connectivity index (χ1n) is 12.5. The van der Waals surface area contributed by atoms with Gasteiger partial charge in [-0.2, -0.15) is 0 Å². The number of aromatic nitrogens is 3. The molecular weight excluding hydrogens is 548 g/mol. The van der Waals surface area contributed by atoms with Crippen molar-refractivity contribution in [3.05, 3.63) is 54.7 Å². The molecule has 40 heavy (non-hydrogen) atoms. The number of carbonyl (C=O) groups is 3. The Morgan fingerprint density at radius 2 is 2.02 bits per heavy atom. The molecule has 4 aliphatic heterocycles. The molecule has 7 rings (SSSR count). The number of pyridine rings is 1. The van der Waals surface area contributed by atoms with Gasteiger partial charge in [-0.1, -0.05) is 11.8 Å². The van der Waals surface area contributed by atoms with E-state index in [0.717, 1.165) is 6.42 Å². The predicted octanol–water partition coefficient (Wildman–Crippen LogP) is 3.23. The molecule has 4 aliphatic rings. The second kappa shape index (κ2) is 9.08. The van der Waals surface area contributed by atoms with E-state index in [1.54, 1.807) is 17.2 Å². The smallest absolute Gasteiger partial charge is 0.395 e. The van der Waals surface area contributed by atoms with Crippen molar-refractivity contribution in [1.82, 2.24) is 30.1 Å². The first-order valence-corrected chi connectivity index (χ1v) is 13.4. The van der Waals surface area contributed by atoms with E-state index < -0.39 is 23.6 Å². The van der Waals surface area contributed by atoms with Crippen molar-refractivity contribution < 1.29 is 32.6 Å². The number of imidazole rings is 1. The van der Waals surface area contributed by atoms with Gasteiger partial charge in [-0.3, -0.25) is 14.3 Å². The lowest BCUT2D eigenvalue weighted by Crippen LogP contribution is -2.54. The van der Waals surface area contributed by atoms with Crippen LogP contribution in [-0.2, 0) is 4.79 Å². The SMILES string of the molecule is O=C(NC1CCCN(C(=O)n2ccnc2)C1)[C@@H]1Sc2nccc3c2C1NC(=O)N3c1ccc2c(c1)OC(F)(F)O2. The Morgan fingerprint density at radius 3 is 2.85 bits per heavy atom. The van der Waals surface area contributed by atoms with Crippen LogP contribution in [0.5, 0.6) is 11.5 Å². The number of hydrogen-bond donors (Lipinski definition) is 2. The predicted molar refractivity (Wildman–Crippen MR) is 136 cm³/mol. The summed E-state index contributed by atoms with van der Waals surface area (Å²) in [5.41, 5.74) is 1.44. The number of anilines is 2. The van der Waals surface area contributed by atoms with E-state index in [0.29, 0.717) is 35.8 Å². The summed E-state index contributed by atoms with van der Waals surface area (Å²) in [5, 5.41) is 5.84. The molecule has 0 radical (unpaired) electrons. The van der Waals surface area contributed by atoms with Crippen LogP contribution in [0.1, 0.15) is 24.4 Å². The van der Waals surface area contributed by atoms with E-state index in [2.05, 4.69) is 30.1 Å². The summed E-state index contributed by atoms with van der Waals surface area (Å²) in [6.07, 6.45) is 3.74. The Hall–Kier alpha value is -4.40. The van der Waals surface area contributed by atoms with Crippen LogP contribution in [-0.4, -0.2) is 68.1 Å². The van der Waals surface area contributed by atoms with E-state index in [-0.39, 0.29) is 35.2 Å². The van der Waals surface area contributed by atoms with Gasteiger partial charge in [-0.05, 0) is 31.0 Å². The summed E-state index contributed by atoms with van der Waals surface area (Å²) in [6, 6.07) is 4.08. The van der Waals surface area contributed by atoms with Crippen molar-refractivity contribution in [3.63, 3.8) is 0 Å². The van der Waals surface area contributed by atoms with Crippen LogP contribution < -0.4 is 25.0 Å². The molecule has 3 atom stereocenters. The molecule has 12 nitrogen and oxygen atoms in total. The number of ether oxygens (including phenoxy) is 2. The summed E-state index contributed by atoms with van der Waals surface area (Å²) >= 11 is 1.24. The molecule has 206 valence electrons.